The Morgan fingerprint density at radius 2 is 2.08 bits per heavy atom. The minimum atomic E-state index is 0.0301. The van der Waals surface area contributed by atoms with E-state index in [0.717, 1.165) is 34.4 Å². The maximum Gasteiger partial charge on any atom is 0.230 e. The normalized spacial score (nSPS) is 13.6. The van der Waals surface area contributed by atoms with Gasteiger partial charge in [0.05, 0.1) is 5.75 Å². The van der Waals surface area contributed by atoms with E-state index in [1.807, 2.05) is 12.3 Å². The summed E-state index contributed by atoms with van der Waals surface area (Å²) in [6, 6.07) is 0. The first-order chi connectivity index (χ1) is 11.6. The molecule has 0 saturated carbocycles. The molecular formula is C17H22N4OS2. The van der Waals surface area contributed by atoms with Crippen LogP contribution >= 0.6 is 23.1 Å². The average molecular weight is 363 g/mol. The third-order valence-corrected chi connectivity index (χ3v) is 6.17. The van der Waals surface area contributed by atoms with Crippen molar-refractivity contribution in [3.8, 4) is 0 Å². The summed E-state index contributed by atoms with van der Waals surface area (Å²) in [7, 11) is 0. The second kappa shape index (κ2) is 8.07. The van der Waals surface area contributed by atoms with E-state index in [2.05, 4.69) is 22.2 Å². The lowest BCUT2D eigenvalue weighted by molar-refractivity contribution is -0.118. The van der Waals surface area contributed by atoms with E-state index in [-0.39, 0.29) is 5.91 Å². The number of carbonyl (C=O) groups excluding carboxylic acids is 1. The molecule has 5 nitrogen and oxygen atoms in total. The van der Waals surface area contributed by atoms with Gasteiger partial charge in [-0.3, -0.25) is 4.79 Å². The molecule has 7 heteroatoms. The Morgan fingerprint density at radius 1 is 1.25 bits per heavy atom. The van der Waals surface area contributed by atoms with Crippen molar-refractivity contribution < 1.29 is 4.79 Å². The average Bonchev–Trinajstić information content (AvgIpc) is 2.98. The molecule has 2 aromatic heterocycles. The summed E-state index contributed by atoms with van der Waals surface area (Å²) in [6.45, 7) is 4.61. The maximum absolute atomic E-state index is 11.9. The molecule has 0 fully saturated rings. The Labute approximate surface area is 150 Å². The molecule has 2 aromatic rings. The van der Waals surface area contributed by atoms with Crippen molar-refractivity contribution in [1.82, 2.24) is 20.3 Å². The summed E-state index contributed by atoms with van der Waals surface area (Å²) in [4.78, 5) is 25.6. The lowest BCUT2D eigenvalue weighted by Gasteiger charge is -2.17. The number of fused-ring (bicyclic) bond motifs is 1. The van der Waals surface area contributed by atoms with Crippen LogP contribution in [0, 0.1) is 13.8 Å². The first kappa shape index (κ1) is 17.4. The van der Waals surface area contributed by atoms with E-state index in [4.69, 9.17) is 4.98 Å². The smallest absolute Gasteiger partial charge is 0.230 e. The first-order valence-corrected chi connectivity index (χ1v) is 10.2. The molecule has 0 radical (unpaired) electrons. The number of rotatable bonds is 6. The molecule has 0 spiro atoms. The van der Waals surface area contributed by atoms with Crippen LogP contribution in [-0.2, 0) is 24.1 Å². The molecule has 1 amide bonds. The zero-order chi connectivity index (χ0) is 16.9. The summed E-state index contributed by atoms with van der Waals surface area (Å²) in [5, 5.41) is 4.94. The monoisotopic (exact) mass is 362 g/mol. The van der Waals surface area contributed by atoms with Gasteiger partial charge in [0, 0.05) is 35.4 Å². The third-order valence-electron chi connectivity index (χ3n) is 4.03. The van der Waals surface area contributed by atoms with Gasteiger partial charge >= 0.3 is 0 Å². The Morgan fingerprint density at radius 3 is 2.88 bits per heavy atom. The molecule has 0 saturated heterocycles. The van der Waals surface area contributed by atoms with Crippen LogP contribution in [0.4, 0.5) is 0 Å². The largest absolute Gasteiger partial charge is 0.355 e. The van der Waals surface area contributed by atoms with Crippen molar-refractivity contribution in [2.45, 2.75) is 50.3 Å². The van der Waals surface area contributed by atoms with Crippen LogP contribution in [0.3, 0.4) is 0 Å². The molecule has 0 bridgehead atoms. The maximum atomic E-state index is 11.9. The number of aromatic nitrogens is 3. The molecule has 2 heterocycles. The van der Waals surface area contributed by atoms with E-state index >= 15 is 0 Å². The Balaban J connectivity index is 1.46. The lowest BCUT2D eigenvalue weighted by Crippen LogP contribution is -2.28. The van der Waals surface area contributed by atoms with Gasteiger partial charge in [-0.25, -0.2) is 15.0 Å². The van der Waals surface area contributed by atoms with Gasteiger partial charge in [-0.05, 0) is 45.1 Å². The second-order valence-corrected chi connectivity index (χ2v) is 8.08. The van der Waals surface area contributed by atoms with Gasteiger partial charge in [-0.15, -0.1) is 11.3 Å². The van der Waals surface area contributed by atoms with E-state index in [0.29, 0.717) is 18.7 Å². The van der Waals surface area contributed by atoms with E-state index in [1.54, 1.807) is 11.3 Å². The molecule has 128 valence electrons. The molecule has 1 N–H and O–H groups in total. The highest BCUT2D eigenvalue weighted by Crippen LogP contribution is 2.22. The Bertz CT molecular complexity index is 729. The fraction of sp³-hybridized carbons (Fsp3) is 0.529. The second-order valence-electron chi connectivity index (χ2n) is 6.00. The summed E-state index contributed by atoms with van der Waals surface area (Å²) < 4.78 is 0.941. The van der Waals surface area contributed by atoms with Gasteiger partial charge < -0.3 is 5.32 Å². The molecular weight excluding hydrogens is 340 g/mol. The quantitative estimate of drug-likeness (QED) is 0.800. The predicted molar refractivity (Wildman–Crippen MR) is 97.7 cm³/mol. The molecule has 3 rings (SSSR count). The summed E-state index contributed by atoms with van der Waals surface area (Å²) >= 11 is 3.06. The number of thiazole rings is 1. The molecule has 0 unspecified atom stereocenters. The number of aryl methyl sites for hydroxylation is 3. The fourth-order valence-corrected chi connectivity index (χ4v) is 4.53. The van der Waals surface area contributed by atoms with Gasteiger partial charge in [0.2, 0.25) is 5.91 Å². The lowest BCUT2D eigenvalue weighted by atomic mass is 9.95. The topological polar surface area (TPSA) is 67.8 Å². The Kier molecular flexibility index (Phi) is 5.84. The van der Waals surface area contributed by atoms with Crippen molar-refractivity contribution in [2.75, 3.05) is 12.3 Å². The fourth-order valence-electron chi connectivity index (χ4n) is 2.85. The number of carbonyl (C=O) groups is 1. The minimum absolute atomic E-state index is 0.0301. The van der Waals surface area contributed by atoms with Gasteiger partial charge in [-0.1, -0.05) is 11.8 Å². The summed E-state index contributed by atoms with van der Waals surface area (Å²) in [5.41, 5.74) is 4.66. The van der Waals surface area contributed by atoms with Crippen molar-refractivity contribution in [3.63, 3.8) is 0 Å². The molecule has 0 atom stereocenters. The molecule has 0 aromatic carbocycles. The van der Waals surface area contributed by atoms with Crippen molar-refractivity contribution >= 4 is 29.0 Å². The molecule has 1 aliphatic rings. The van der Waals surface area contributed by atoms with Crippen LogP contribution in [0.25, 0.3) is 0 Å². The predicted octanol–water partition coefficient (Wildman–Crippen LogP) is 2.88. The third kappa shape index (κ3) is 4.54. The van der Waals surface area contributed by atoms with E-state index < -0.39 is 0 Å². The molecule has 0 aliphatic heterocycles. The van der Waals surface area contributed by atoms with Crippen LogP contribution < -0.4 is 5.32 Å². The molecule has 1 aliphatic carbocycles. The highest BCUT2D eigenvalue weighted by molar-refractivity contribution is 8.01. The number of nitrogens with zero attached hydrogens (tertiary/aromatic N) is 3. The van der Waals surface area contributed by atoms with Crippen LogP contribution in [0.15, 0.2) is 9.72 Å². The van der Waals surface area contributed by atoms with Crippen LogP contribution in [-0.4, -0.2) is 33.2 Å². The number of thioether (sulfide) groups is 1. The van der Waals surface area contributed by atoms with Crippen molar-refractivity contribution in [1.29, 1.82) is 0 Å². The van der Waals surface area contributed by atoms with Crippen LogP contribution in [0.2, 0.25) is 0 Å². The standard InChI is InChI=1S/C17H22N4OS2/c1-11-9-23-17(19-11)24-10-16(22)18-8-7-15-20-12(2)13-5-3-4-6-14(13)21-15/h9H,3-8,10H2,1-2H3,(H,18,22). The van der Waals surface area contributed by atoms with Crippen molar-refractivity contribution in [3.05, 3.63) is 33.8 Å². The van der Waals surface area contributed by atoms with Gasteiger partial charge in [-0.2, -0.15) is 0 Å². The van der Waals surface area contributed by atoms with Crippen molar-refractivity contribution in [2.24, 2.45) is 0 Å². The van der Waals surface area contributed by atoms with Gasteiger partial charge in [0.15, 0.2) is 4.34 Å². The van der Waals surface area contributed by atoms with Crippen LogP contribution in [0.1, 0.15) is 41.3 Å². The molecule has 24 heavy (non-hydrogen) atoms. The van der Waals surface area contributed by atoms with Gasteiger partial charge in [0.1, 0.15) is 5.82 Å². The van der Waals surface area contributed by atoms with E-state index in [9.17, 15) is 4.79 Å². The highest BCUT2D eigenvalue weighted by atomic mass is 32.2. The summed E-state index contributed by atoms with van der Waals surface area (Å²) in [5.74, 6) is 1.27. The Hall–Kier alpha value is -1.47. The zero-order valence-electron chi connectivity index (χ0n) is 14.1. The number of amides is 1. The summed E-state index contributed by atoms with van der Waals surface area (Å²) in [6.07, 6.45) is 5.30. The van der Waals surface area contributed by atoms with Crippen LogP contribution in [0.5, 0.6) is 0 Å². The number of hydrogen-bond acceptors (Lipinski definition) is 6. The number of nitrogens with one attached hydrogen (secondary N) is 1. The minimum Gasteiger partial charge on any atom is -0.355 e. The number of hydrogen-bond donors (Lipinski definition) is 1. The van der Waals surface area contributed by atoms with E-state index in [1.165, 1.54) is 35.9 Å². The zero-order valence-corrected chi connectivity index (χ0v) is 15.7. The van der Waals surface area contributed by atoms with Gasteiger partial charge in [0.25, 0.3) is 0 Å². The SMILES string of the molecule is Cc1csc(SCC(=O)NCCc2nc(C)c3c(n2)CCCC3)n1. The first-order valence-electron chi connectivity index (χ1n) is 8.28. The highest BCUT2D eigenvalue weighted by Gasteiger charge is 2.15.